The van der Waals surface area contributed by atoms with Crippen LogP contribution in [-0.2, 0) is 23.9 Å². The normalized spacial score (nSPS) is 13.9. The topological polar surface area (TPSA) is 89.9 Å². The lowest BCUT2D eigenvalue weighted by Gasteiger charge is -2.19. The molecule has 0 spiro atoms. The van der Waals surface area contributed by atoms with E-state index < -0.39 is 30.8 Å². The van der Waals surface area contributed by atoms with Gasteiger partial charge in [0.05, 0.1) is 6.61 Å². The summed E-state index contributed by atoms with van der Waals surface area (Å²) in [5.41, 5.74) is 0. The molecular formula is C8H12O6. The second kappa shape index (κ2) is 6.09. The van der Waals surface area contributed by atoms with E-state index in [1.807, 2.05) is 0 Å². The fraction of sp³-hybridized carbons (Fsp3) is 0.625. The largest absolute Gasteiger partial charge is 0.456 e. The molecule has 80 valence electrons. The van der Waals surface area contributed by atoms with Crippen molar-refractivity contribution in [2.45, 2.75) is 26.1 Å². The van der Waals surface area contributed by atoms with E-state index in [9.17, 15) is 14.4 Å². The number of esters is 2. The van der Waals surface area contributed by atoms with Crippen LogP contribution in [0.25, 0.3) is 0 Å². The van der Waals surface area contributed by atoms with Crippen molar-refractivity contribution >= 4 is 18.2 Å². The van der Waals surface area contributed by atoms with E-state index in [1.165, 1.54) is 0 Å². The maximum atomic E-state index is 10.5. The van der Waals surface area contributed by atoms with Crippen LogP contribution in [0.1, 0.15) is 13.8 Å². The fourth-order valence-electron chi connectivity index (χ4n) is 0.804. The molecular weight excluding hydrogens is 192 g/mol. The second-order valence-corrected chi connectivity index (χ2v) is 2.54. The van der Waals surface area contributed by atoms with Crippen molar-refractivity contribution in [2.24, 2.45) is 0 Å². The minimum absolute atomic E-state index is 0.297. The number of aliphatic hydroxyl groups is 1. The minimum atomic E-state index is -1.26. The molecule has 0 saturated heterocycles. The van der Waals surface area contributed by atoms with Gasteiger partial charge in [-0.25, -0.2) is 0 Å². The molecule has 0 aromatic heterocycles. The Balaban J connectivity index is 4.35. The van der Waals surface area contributed by atoms with Gasteiger partial charge in [-0.3, -0.25) is 14.4 Å². The average molecular weight is 204 g/mol. The summed E-state index contributed by atoms with van der Waals surface area (Å²) in [6.45, 7) is 1.65. The van der Waals surface area contributed by atoms with Crippen molar-refractivity contribution in [1.82, 2.24) is 0 Å². The molecule has 0 aliphatic rings. The predicted octanol–water partition coefficient (Wildman–Crippen LogP) is -0.959. The van der Waals surface area contributed by atoms with Gasteiger partial charge in [-0.05, 0) is 0 Å². The van der Waals surface area contributed by atoms with Crippen LogP contribution in [0.15, 0.2) is 0 Å². The first kappa shape index (κ1) is 12.6. The summed E-state index contributed by atoms with van der Waals surface area (Å²) in [5, 5.41) is 8.76. The Morgan fingerprint density at radius 1 is 1.29 bits per heavy atom. The molecule has 6 heteroatoms. The zero-order valence-corrected chi connectivity index (χ0v) is 7.93. The van der Waals surface area contributed by atoms with E-state index in [0.29, 0.717) is 6.29 Å². The summed E-state index contributed by atoms with van der Waals surface area (Å²) in [4.78, 5) is 31.5. The summed E-state index contributed by atoms with van der Waals surface area (Å²) in [7, 11) is 0. The standard InChI is InChI=1S/C8H12O6/c1-5(11)13-7(3-9)8(4-10)14-6(2)12/h3,7-8,10H,4H2,1-2H3/t7-,8-/m1/s1. The SMILES string of the molecule is CC(=O)O[C@H](C=O)[C@@H](CO)OC(C)=O. The maximum absolute atomic E-state index is 10.5. The number of carbonyl (C=O) groups is 3. The Morgan fingerprint density at radius 3 is 2.07 bits per heavy atom. The van der Waals surface area contributed by atoms with Crippen LogP contribution in [-0.4, -0.2) is 42.1 Å². The summed E-state index contributed by atoms with van der Waals surface area (Å²) >= 11 is 0. The van der Waals surface area contributed by atoms with E-state index in [4.69, 9.17) is 5.11 Å². The summed E-state index contributed by atoms with van der Waals surface area (Å²) in [5.74, 6) is -1.35. The highest BCUT2D eigenvalue weighted by Gasteiger charge is 2.25. The Hall–Kier alpha value is -1.43. The van der Waals surface area contributed by atoms with E-state index in [2.05, 4.69) is 9.47 Å². The number of carbonyl (C=O) groups excluding carboxylic acids is 3. The second-order valence-electron chi connectivity index (χ2n) is 2.54. The molecule has 0 bridgehead atoms. The molecule has 0 unspecified atom stereocenters. The Labute approximate surface area is 80.8 Å². The van der Waals surface area contributed by atoms with E-state index >= 15 is 0 Å². The molecule has 0 aromatic carbocycles. The van der Waals surface area contributed by atoms with Crippen molar-refractivity contribution in [3.8, 4) is 0 Å². The van der Waals surface area contributed by atoms with Gasteiger partial charge in [-0.15, -0.1) is 0 Å². The highest BCUT2D eigenvalue weighted by Crippen LogP contribution is 2.02. The molecule has 0 amide bonds. The van der Waals surface area contributed by atoms with Crippen molar-refractivity contribution in [3.05, 3.63) is 0 Å². The van der Waals surface area contributed by atoms with Crippen molar-refractivity contribution in [1.29, 1.82) is 0 Å². The molecule has 0 aliphatic heterocycles. The number of aliphatic hydroxyl groups excluding tert-OH is 1. The highest BCUT2D eigenvalue weighted by molar-refractivity contribution is 5.71. The highest BCUT2D eigenvalue weighted by atomic mass is 16.6. The molecule has 6 nitrogen and oxygen atoms in total. The minimum Gasteiger partial charge on any atom is -0.456 e. The molecule has 0 heterocycles. The molecule has 0 aromatic rings. The zero-order chi connectivity index (χ0) is 11.1. The first-order valence-corrected chi connectivity index (χ1v) is 3.91. The fourth-order valence-corrected chi connectivity index (χ4v) is 0.804. The van der Waals surface area contributed by atoms with Gasteiger partial charge in [0.25, 0.3) is 0 Å². The Bertz CT molecular complexity index is 224. The maximum Gasteiger partial charge on any atom is 0.303 e. The van der Waals surface area contributed by atoms with Crippen LogP contribution in [0.4, 0.5) is 0 Å². The molecule has 0 radical (unpaired) electrons. The van der Waals surface area contributed by atoms with Crippen molar-refractivity contribution in [2.75, 3.05) is 6.61 Å². The lowest BCUT2D eigenvalue weighted by Crippen LogP contribution is -2.38. The average Bonchev–Trinajstić information content (AvgIpc) is 2.10. The first-order valence-electron chi connectivity index (χ1n) is 3.91. The van der Waals surface area contributed by atoms with Crippen LogP contribution in [0, 0.1) is 0 Å². The van der Waals surface area contributed by atoms with Gasteiger partial charge in [0.2, 0.25) is 0 Å². The monoisotopic (exact) mass is 204 g/mol. The third kappa shape index (κ3) is 4.56. The quantitative estimate of drug-likeness (QED) is 0.458. The summed E-state index contributed by atoms with van der Waals surface area (Å²) < 4.78 is 9.07. The third-order valence-electron chi connectivity index (χ3n) is 1.30. The molecule has 0 aliphatic carbocycles. The van der Waals surface area contributed by atoms with E-state index in [1.54, 1.807) is 0 Å². The van der Waals surface area contributed by atoms with E-state index in [0.717, 1.165) is 13.8 Å². The number of hydrogen-bond acceptors (Lipinski definition) is 6. The van der Waals surface area contributed by atoms with Gasteiger partial charge in [0, 0.05) is 13.8 Å². The molecule has 0 rings (SSSR count). The lowest BCUT2D eigenvalue weighted by atomic mass is 10.2. The molecule has 1 N–H and O–H groups in total. The number of aldehydes is 1. The molecule has 0 fully saturated rings. The first-order chi connectivity index (χ1) is 6.51. The summed E-state index contributed by atoms with van der Waals surface area (Å²) in [6, 6.07) is 0. The van der Waals surface area contributed by atoms with Gasteiger partial charge in [-0.1, -0.05) is 0 Å². The van der Waals surface area contributed by atoms with Gasteiger partial charge < -0.3 is 14.6 Å². The molecule has 14 heavy (non-hydrogen) atoms. The smallest absolute Gasteiger partial charge is 0.303 e. The Kier molecular flexibility index (Phi) is 5.47. The van der Waals surface area contributed by atoms with Crippen LogP contribution < -0.4 is 0 Å². The van der Waals surface area contributed by atoms with Gasteiger partial charge >= 0.3 is 11.9 Å². The molecule has 2 atom stereocenters. The number of ether oxygens (including phenoxy) is 2. The number of rotatable bonds is 5. The molecule has 0 saturated carbocycles. The van der Waals surface area contributed by atoms with Gasteiger partial charge in [-0.2, -0.15) is 0 Å². The van der Waals surface area contributed by atoms with Gasteiger partial charge in [0.1, 0.15) is 0 Å². The van der Waals surface area contributed by atoms with Gasteiger partial charge in [0.15, 0.2) is 18.5 Å². The zero-order valence-electron chi connectivity index (χ0n) is 7.93. The van der Waals surface area contributed by atoms with Crippen molar-refractivity contribution < 1.29 is 29.0 Å². The van der Waals surface area contributed by atoms with Crippen LogP contribution in [0.5, 0.6) is 0 Å². The number of hydrogen-bond donors (Lipinski definition) is 1. The van der Waals surface area contributed by atoms with E-state index in [-0.39, 0.29) is 0 Å². The lowest BCUT2D eigenvalue weighted by molar-refractivity contribution is -0.169. The predicted molar refractivity (Wildman–Crippen MR) is 44.3 cm³/mol. The summed E-state index contributed by atoms with van der Waals surface area (Å²) in [6.07, 6.45) is -2.11. The van der Waals surface area contributed by atoms with Crippen molar-refractivity contribution in [3.63, 3.8) is 0 Å². The van der Waals surface area contributed by atoms with Crippen LogP contribution >= 0.6 is 0 Å². The third-order valence-corrected chi connectivity index (χ3v) is 1.30. The Morgan fingerprint density at radius 2 is 1.79 bits per heavy atom. The van der Waals surface area contributed by atoms with Crippen LogP contribution in [0.2, 0.25) is 0 Å². The van der Waals surface area contributed by atoms with Crippen LogP contribution in [0.3, 0.4) is 0 Å².